The molecule has 1 aromatic carbocycles. The maximum atomic E-state index is 12.9. The van der Waals surface area contributed by atoms with Crippen molar-refractivity contribution in [2.24, 2.45) is 0 Å². The van der Waals surface area contributed by atoms with E-state index in [0.29, 0.717) is 10.6 Å². The fourth-order valence-electron chi connectivity index (χ4n) is 0.966. The van der Waals surface area contributed by atoms with Gasteiger partial charge in [-0.2, -0.15) is 0 Å². The highest BCUT2D eigenvalue weighted by molar-refractivity contribution is 6.32. The third kappa shape index (κ3) is 1.38. The summed E-state index contributed by atoms with van der Waals surface area (Å²) in [7, 11) is 0. The first-order valence-corrected chi connectivity index (χ1v) is 3.83. The van der Waals surface area contributed by atoms with Gasteiger partial charge in [-0.25, -0.2) is 4.39 Å². The highest BCUT2D eigenvalue weighted by Crippen LogP contribution is 2.25. The second kappa shape index (κ2) is 2.82. The summed E-state index contributed by atoms with van der Waals surface area (Å²) in [5.41, 5.74) is 2.40. The van der Waals surface area contributed by atoms with E-state index in [1.165, 1.54) is 6.07 Å². The predicted molar refractivity (Wildman–Crippen MR) is 45.6 cm³/mol. The van der Waals surface area contributed by atoms with Crippen LogP contribution in [0.2, 0.25) is 5.02 Å². The maximum Gasteiger partial charge on any atom is 0.127 e. The van der Waals surface area contributed by atoms with Crippen molar-refractivity contribution in [2.45, 2.75) is 20.8 Å². The molecule has 0 aliphatic rings. The van der Waals surface area contributed by atoms with E-state index >= 15 is 0 Å². The maximum absolute atomic E-state index is 12.9. The molecule has 0 fully saturated rings. The summed E-state index contributed by atoms with van der Waals surface area (Å²) in [4.78, 5) is 0. The van der Waals surface area contributed by atoms with Crippen LogP contribution in [0.15, 0.2) is 6.07 Å². The van der Waals surface area contributed by atoms with Crippen molar-refractivity contribution in [3.63, 3.8) is 0 Å². The molecular formula is C9H10ClF. The molecule has 0 heterocycles. The van der Waals surface area contributed by atoms with E-state index in [9.17, 15) is 4.39 Å². The Balaban J connectivity index is 3.46. The molecule has 0 aliphatic heterocycles. The van der Waals surface area contributed by atoms with Gasteiger partial charge in [0.25, 0.3) is 0 Å². The molecule has 1 rings (SSSR count). The van der Waals surface area contributed by atoms with Crippen LogP contribution >= 0.6 is 11.6 Å². The zero-order valence-electron chi connectivity index (χ0n) is 6.83. The van der Waals surface area contributed by atoms with E-state index in [1.807, 2.05) is 13.8 Å². The van der Waals surface area contributed by atoms with Crippen molar-refractivity contribution in [2.75, 3.05) is 0 Å². The van der Waals surface area contributed by atoms with E-state index in [1.54, 1.807) is 6.92 Å². The summed E-state index contributed by atoms with van der Waals surface area (Å²) < 4.78 is 12.9. The Hall–Kier alpha value is -0.560. The number of aryl methyl sites for hydroxylation is 1. The second-order valence-electron chi connectivity index (χ2n) is 2.74. The second-order valence-corrected chi connectivity index (χ2v) is 3.12. The van der Waals surface area contributed by atoms with E-state index < -0.39 is 0 Å². The molecular weight excluding hydrogens is 163 g/mol. The molecule has 2 heteroatoms. The lowest BCUT2D eigenvalue weighted by molar-refractivity contribution is 0.617. The van der Waals surface area contributed by atoms with E-state index in [2.05, 4.69) is 0 Å². The van der Waals surface area contributed by atoms with Crippen LogP contribution < -0.4 is 0 Å². The van der Waals surface area contributed by atoms with Crippen LogP contribution in [0.1, 0.15) is 16.7 Å². The number of halogens is 2. The highest BCUT2D eigenvalue weighted by atomic mass is 35.5. The van der Waals surface area contributed by atoms with Gasteiger partial charge in [-0.1, -0.05) is 11.6 Å². The molecule has 0 radical (unpaired) electrons. The summed E-state index contributed by atoms with van der Waals surface area (Å²) in [5, 5.41) is 0.544. The molecule has 0 aromatic heterocycles. The molecule has 0 nitrogen and oxygen atoms in total. The lowest BCUT2D eigenvalue weighted by Crippen LogP contribution is -1.90. The molecule has 11 heavy (non-hydrogen) atoms. The average molecular weight is 173 g/mol. The largest absolute Gasteiger partial charge is 0.207 e. The molecule has 0 atom stereocenters. The minimum atomic E-state index is -0.224. The summed E-state index contributed by atoms with van der Waals surface area (Å²) in [6.45, 7) is 5.43. The first-order valence-electron chi connectivity index (χ1n) is 3.46. The summed E-state index contributed by atoms with van der Waals surface area (Å²) in [6, 6.07) is 1.51. The summed E-state index contributed by atoms with van der Waals surface area (Å²) >= 11 is 5.85. The Morgan fingerprint density at radius 1 is 1.18 bits per heavy atom. The van der Waals surface area contributed by atoms with Crippen molar-refractivity contribution < 1.29 is 4.39 Å². The van der Waals surface area contributed by atoms with Crippen LogP contribution in [0.4, 0.5) is 4.39 Å². The van der Waals surface area contributed by atoms with Crippen molar-refractivity contribution in [3.8, 4) is 0 Å². The van der Waals surface area contributed by atoms with E-state index in [4.69, 9.17) is 11.6 Å². The quantitative estimate of drug-likeness (QED) is 0.563. The zero-order chi connectivity index (χ0) is 8.59. The molecule has 0 N–H and O–H groups in total. The van der Waals surface area contributed by atoms with Gasteiger partial charge >= 0.3 is 0 Å². The minimum absolute atomic E-state index is 0.224. The molecule has 60 valence electrons. The lowest BCUT2D eigenvalue weighted by Gasteiger charge is -2.06. The van der Waals surface area contributed by atoms with Gasteiger partial charge in [0.1, 0.15) is 5.82 Å². The Kier molecular flexibility index (Phi) is 2.19. The first-order chi connectivity index (χ1) is 5.04. The number of benzene rings is 1. The van der Waals surface area contributed by atoms with Gasteiger partial charge in [0, 0.05) is 10.6 Å². The van der Waals surface area contributed by atoms with Gasteiger partial charge < -0.3 is 0 Å². The van der Waals surface area contributed by atoms with Gasteiger partial charge in [0.15, 0.2) is 0 Å². The molecule has 0 unspecified atom stereocenters. The average Bonchev–Trinajstić information content (AvgIpc) is 1.97. The number of hydrogen-bond donors (Lipinski definition) is 0. The van der Waals surface area contributed by atoms with Gasteiger partial charge in [-0.3, -0.25) is 0 Å². The van der Waals surface area contributed by atoms with Crippen LogP contribution in [-0.2, 0) is 0 Å². The van der Waals surface area contributed by atoms with Gasteiger partial charge in [0.05, 0.1) is 0 Å². The monoisotopic (exact) mass is 172 g/mol. The highest BCUT2D eigenvalue weighted by Gasteiger charge is 2.07. The fraction of sp³-hybridized carbons (Fsp3) is 0.333. The standard InChI is InChI=1S/C9H10ClF/c1-5-4-8(11)7(3)9(10)6(5)2/h4H,1-3H3. The Morgan fingerprint density at radius 3 is 2.27 bits per heavy atom. The molecule has 0 spiro atoms. The normalized spacial score (nSPS) is 10.3. The van der Waals surface area contributed by atoms with Gasteiger partial charge in [-0.05, 0) is 38.0 Å². The smallest absolute Gasteiger partial charge is 0.127 e. The lowest BCUT2D eigenvalue weighted by atomic mass is 10.1. The van der Waals surface area contributed by atoms with Crippen LogP contribution in [0, 0.1) is 26.6 Å². The third-order valence-corrected chi connectivity index (χ3v) is 2.52. The van der Waals surface area contributed by atoms with Crippen molar-refractivity contribution in [1.82, 2.24) is 0 Å². The predicted octanol–water partition coefficient (Wildman–Crippen LogP) is 3.40. The Labute approximate surface area is 71.0 Å². The van der Waals surface area contributed by atoms with Crippen molar-refractivity contribution >= 4 is 11.6 Å². The SMILES string of the molecule is Cc1cc(F)c(C)c(Cl)c1C. The first kappa shape index (κ1) is 8.54. The topological polar surface area (TPSA) is 0 Å². The molecule has 0 bridgehead atoms. The fourth-order valence-corrected chi connectivity index (χ4v) is 1.21. The van der Waals surface area contributed by atoms with Crippen LogP contribution in [0.25, 0.3) is 0 Å². The number of hydrogen-bond acceptors (Lipinski definition) is 0. The van der Waals surface area contributed by atoms with Crippen molar-refractivity contribution in [1.29, 1.82) is 0 Å². The van der Waals surface area contributed by atoms with Gasteiger partial charge in [-0.15, -0.1) is 0 Å². The third-order valence-electron chi connectivity index (χ3n) is 1.95. The molecule has 0 saturated heterocycles. The van der Waals surface area contributed by atoms with Crippen LogP contribution in [-0.4, -0.2) is 0 Å². The minimum Gasteiger partial charge on any atom is -0.207 e. The summed E-state index contributed by atoms with van der Waals surface area (Å²) in [5.74, 6) is -0.224. The zero-order valence-corrected chi connectivity index (χ0v) is 7.59. The summed E-state index contributed by atoms with van der Waals surface area (Å²) in [6.07, 6.45) is 0. The van der Waals surface area contributed by atoms with Gasteiger partial charge in [0.2, 0.25) is 0 Å². The number of rotatable bonds is 0. The van der Waals surface area contributed by atoms with E-state index in [-0.39, 0.29) is 5.82 Å². The Bertz CT molecular complexity index is 266. The Morgan fingerprint density at radius 2 is 1.73 bits per heavy atom. The molecule has 1 aromatic rings. The van der Waals surface area contributed by atoms with Crippen molar-refractivity contribution in [3.05, 3.63) is 33.6 Å². The molecule has 0 amide bonds. The molecule has 0 aliphatic carbocycles. The molecule has 0 saturated carbocycles. The van der Waals surface area contributed by atoms with E-state index in [0.717, 1.165) is 11.1 Å². The van der Waals surface area contributed by atoms with Crippen LogP contribution in [0.3, 0.4) is 0 Å². The van der Waals surface area contributed by atoms with Crippen LogP contribution in [0.5, 0.6) is 0 Å².